The number of fused-ring (bicyclic) bond motifs is 1. The van der Waals surface area contributed by atoms with Crippen LogP contribution < -0.4 is 10.6 Å². The van der Waals surface area contributed by atoms with Gasteiger partial charge in [0.15, 0.2) is 5.69 Å². The molecule has 4 heterocycles. The molecule has 0 radical (unpaired) electrons. The topological polar surface area (TPSA) is 90.1 Å². The van der Waals surface area contributed by atoms with Gasteiger partial charge in [0.05, 0.1) is 0 Å². The zero-order valence-electron chi connectivity index (χ0n) is 12.9. The highest BCUT2D eigenvalue weighted by atomic mass is 35.5. The molecule has 0 aliphatic carbocycles. The molecule has 0 spiro atoms. The number of hydrogen-bond donors (Lipinski definition) is 3. The van der Waals surface area contributed by atoms with Gasteiger partial charge in [0.25, 0.3) is 5.91 Å². The molecule has 1 atom stereocenters. The number of carbonyl (C=O) groups is 2. The Kier molecular flexibility index (Phi) is 4.88. The molecule has 0 saturated carbocycles. The molecule has 2 aliphatic rings. The number of amides is 2. The van der Waals surface area contributed by atoms with Crippen molar-refractivity contribution < 1.29 is 9.59 Å². The first-order valence-electron chi connectivity index (χ1n) is 7.64. The number of nitrogens with zero attached hydrogens (tertiary/aromatic N) is 2. The fourth-order valence-electron chi connectivity index (χ4n) is 3.15. The maximum atomic E-state index is 13.0. The molecule has 128 valence electrons. The maximum absolute atomic E-state index is 13.0. The van der Waals surface area contributed by atoms with Crippen LogP contribution in [0.5, 0.6) is 0 Å². The summed E-state index contributed by atoms with van der Waals surface area (Å²) >= 11 is 1.49. The van der Waals surface area contributed by atoms with Crippen molar-refractivity contribution in [2.24, 2.45) is 0 Å². The van der Waals surface area contributed by atoms with Gasteiger partial charge in [-0.2, -0.15) is 5.10 Å². The van der Waals surface area contributed by atoms with Gasteiger partial charge in [-0.15, -0.1) is 23.7 Å². The second kappa shape index (κ2) is 6.92. The lowest BCUT2D eigenvalue weighted by Crippen LogP contribution is -2.52. The van der Waals surface area contributed by atoms with Crippen LogP contribution >= 0.6 is 23.7 Å². The van der Waals surface area contributed by atoms with E-state index >= 15 is 0 Å². The summed E-state index contributed by atoms with van der Waals surface area (Å²) < 4.78 is 0. The van der Waals surface area contributed by atoms with Crippen LogP contribution in [0.4, 0.5) is 0 Å². The summed E-state index contributed by atoms with van der Waals surface area (Å²) in [6, 6.07) is 3.22. The van der Waals surface area contributed by atoms with Crippen molar-refractivity contribution >= 4 is 35.6 Å². The standard InChI is InChI=1S/C15H17N5O2S.ClH/c21-14-13(11-2-1-7-23-11)20(6-5-17-14)15(22)12-9-8-16-4-3-10(9)18-19-12;/h1-2,7,13,16H,3-6,8H2,(H,17,21)(H,18,19);1H. The third-order valence-corrected chi connectivity index (χ3v) is 5.22. The number of hydrogen-bond acceptors (Lipinski definition) is 5. The van der Waals surface area contributed by atoms with E-state index in [1.54, 1.807) is 4.90 Å². The van der Waals surface area contributed by atoms with Crippen molar-refractivity contribution in [3.63, 3.8) is 0 Å². The lowest BCUT2D eigenvalue weighted by atomic mass is 10.0. The fraction of sp³-hybridized carbons (Fsp3) is 0.400. The molecular formula is C15H18ClN5O2S. The van der Waals surface area contributed by atoms with Crippen molar-refractivity contribution in [3.05, 3.63) is 39.3 Å². The van der Waals surface area contributed by atoms with Crippen molar-refractivity contribution in [2.45, 2.75) is 19.0 Å². The normalized spacial score (nSPS) is 20.1. The number of halogens is 1. The van der Waals surface area contributed by atoms with E-state index in [0.717, 1.165) is 29.1 Å². The van der Waals surface area contributed by atoms with Gasteiger partial charge in [-0.25, -0.2) is 0 Å². The van der Waals surface area contributed by atoms with Gasteiger partial charge in [-0.3, -0.25) is 14.7 Å². The van der Waals surface area contributed by atoms with E-state index in [1.807, 2.05) is 17.5 Å². The Hall–Kier alpha value is -1.90. The SMILES string of the molecule is Cl.O=C1NCCN(C(=O)c2n[nH]c3c2CNCC3)C1c1cccs1. The molecule has 0 bridgehead atoms. The Morgan fingerprint density at radius 3 is 3.04 bits per heavy atom. The lowest BCUT2D eigenvalue weighted by Gasteiger charge is -2.34. The first-order chi connectivity index (χ1) is 11.3. The summed E-state index contributed by atoms with van der Waals surface area (Å²) in [5.41, 5.74) is 2.38. The van der Waals surface area contributed by atoms with E-state index in [-0.39, 0.29) is 24.2 Å². The zero-order chi connectivity index (χ0) is 15.8. The van der Waals surface area contributed by atoms with Crippen LogP contribution in [-0.2, 0) is 17.8 Å². The minimum atomic E-state index is -0.569. The van der Waals surface area contributed by atoms with E-state index in [2.05, 4.69) is 20.8 Å². The summed E-state index contributed by atoms with van der Waals surface area (Å²) in [7, 11) is 0. The molecule has 2 aromatic heterocycles. The van der Waals surface area contributed by atoms with Gasteiger partial charge in [0, 0.05) is 48.7 Å². The molecule has 1 fully saturated rings. The second-order valence-electron chi connectivity index (χ2n) is 5.66. The summed E-state index contributed by atoms with van der Waals surface area (Å²) in [6.07, 6.45) is 0.838. The summed E-state index contributed by atoms with van der Waals surface area (Å²) in [5, 5.41) is 15.2. The summed E-state index contributed by atoms with van der Waals surface area (Å²) in [4.78, 5) is 27.9. The van der Waals surface area contributed by atoms with Crippen LogP contribution in [-0.4, -0.2) is 46.5 Å². The Morgan fingerprint density at radius 2 is 2.25 bits per heavy atom. The van der Waals surface area contributed by atoms with Gasteiger partial charge in [0.2, 0.25) is 5.91 Å². The molecule has 1 unspecified atom stereocenters. The van der Waals surface area contributed by atoms with E-state index in [9.17, 15) is 9.59 Å². The predicted molar refractivity (Wildman–Crippen MR) is 92.4 cm³/mol. The van der Waals surface area contributed by atoms with Crippen molar-refractivity contribution in [1.29, 1.82) is 0 Å². The van der Waals surface area contributed by atoms with E-state index in [1.165, 1.54) is 11.3 Å². The first kappa shape index (κ1) is 16.9. The number of rotatable bonds is 2. The van der Waals surface area contributed by atoms with Gasteiger partial charge < -0.3 is 15.5 Å². The minimum Gasteiger partial charge on any atom is -0.352 e. The lowest BCUT2D eigenvalue weighted by molar-refractivity contribution is -0.127. The van der Waals surface area contributed by atoms with Crippen LogP contribution in [0.2, 0.25) is 0 Å². The third-order valence-electron chi connectivity index (χ3n) is 4.29. The van der Waals surface area contributed by atoms with Crippen LogP contribution in [0.25, 0.3) is 0 Å². The number of aromatic amines is 1. The van der Waals surface area contributed by atoms with Crippen LogP contribution in [0.15, 0.2) is 17.5 Å². The molecule has 9 heteroatoms. The quantitative estimate of drug-likeness (QED) is 0.734. The number of H-pyrrole nitrogens is 1. The van der Waals surface area contributed by atoms with Gasteiger partial charge in [-0.05, 0) is 11.4 Å². The van der Waals surface area contributed by atoms with Crippen molar-refractivity contribution in [1.82, 2.24) is 25.7 Å². The number of nitrogens with one attached hydrogen (secondary N) is 3. The molecule has 2 aliphatic heterocycles. The highest BCUT2D eigenvalue weighted by molar-refractivity contribution is 7.10. The highest BCUT2D eigenvalue weighted by Gasteiger charge is 2.37. The minimum absolute atomic E-state index is 0. The molecule has 2 amide bonds. The highest BCUT2D eigenvalue weighted by Crippen LogP contribution is 2.29. The molecule has 7 nitrogen and oxygen atoms in total. The monoisotopic (exact) mass is 367 g/mol. The zero-order valence-corrected chi connectivity index (χ0v) is 14.5. The molecule has 0 aromatic carbocycles. The Balaban J connectivity index is 0.00000169. The van der Waals surface area contributed by atoms with Crippen molar-refractivity contribution in [2.75, 3.05) is 19.6 Å². The Morgan fingerprint density at radius 1 is 1.38 bits per heavy atom. The molecule has 1 saturated heterocycles. The largest absolute Gasteiger partial charge is 0.352 e. The fourth-order valence-corrected chi connectivity index (χ4v) is 3.99. The van der Waals surface area contributed by atoms with Crippen LogP contribution in [0.1, 0.15) is 32.7 Å². The number of carbonyl (C=O) groups excluding carboxylic acids is 2. The summed E-state index contributed by atoms with van der Waals surface area (Å²) in [5.74, 6) is -0.311. The second-order valence-corrected chi connectivity index (χ2v) is 6.64. The average Bonchev–Trinajstić information content (AvgIpc) is 3.23. The summed E-state index contributed by atoms with van der Waals surface area (Å²) in [6.45, 7) is 2.48. The molecule has 4 rings (SSSR count). The van der Waals surface area contributed by atoms with E-state index in [4.69, 9.17) is 0 Å². The number of piperazine rings is 1. The van der Waals surface area contributed by atoms with Crippen molar-refractivity contribution in [3.8, 4) is 0 Å². The molecule has 24 heavy (non-hydrogen) atoms. The predicted octanol–water partition coefficient (Wildman–Crippen LogP) is 0.852. The van der Waals surface area contributed by atoms with Gasteiger partial charge >= 0.3 is 0 Å². The molecule has 2 aromatic rings. The molecular weight excluding hydrogens is 350 g/mol. The van der Waals surface area contributed by atoms with Gasteiger partial charge in [0.1, 0.15) is 6.04 Å². The third kappa shape index (κ3) is 2.81. The van der Waals surface area contributed by atoms with Gasteiger partial charge in [-0.1, -0.05) is 6.07 Å². The van der Waals surface area contributed by atoms with E-state index in [0.29, 0.717) is 25.3 Å². The smallest absolute Gasteiger partial charge is 0.275 e. The average molecular weight is 368 g/mol. The number of aromatic nitrogens is 2. The number of thiophene rings is 1. The maximum Gasteiger partial charge on any atom is 0.275 e. The first-order valence-corrected chi connectivity index (χ1v) is 8.52. The Bertz CT molecular complexity index is 745. The van der Waals surface area contributed by atoms with E-state index < -0.39 is 6.04 Å². The van der Waals surface area contributed by atoms with Crippen LogP contribution in [0, 0.1) is 0 Å². The van der Waals surface area contributed by atoms with Crippen LogP contribution in [0.3, 0.4) is 0 Å². The Labute approximate surface area is 149 Å². The molecule has 3 N–H and O–H groups in total.